The Morgan fingerprint density at radius 1 is 0.442 bits per heavy atom. The number of allylic oxidation sites excluding steroid dienone is 1. The zero-order chi connectivity index (χ0) is 34.2. The first-order chi connectivity index (χ1) is 25.7. The summed E-state index contributed by atoms with van der Waals surface area (Å²) in [7, 11) is 0. The van der Waals surface area contributed by atoms with Crippen LogP contribution in [0.15, 0.2) is 167 Å². The van der Waals surface area contributed by atoms with Crippen molar-refractivity contribution in [1.82, 2.24) is 15.0 Å². The molecule has 3 heterocycles. The van der Waals surface area contributed by atoms with Crippen molar-refractivity contribution in [2.75, 3.05) is 0 Å². The van der Waals surface area contributed by atoms with E-state index >= 15 is 0 Å². The highest BCUT2D eigenvalue weighted by Crippen LogP contribution is 2.47. The Morgan fingerprint density at radius 2 is 1.10 bits per heavy atom. The van der Waals surface area contributed by atoms with Gasteiger partial charge in [0.2, 0.25) is 0 Å². The van der Waals surface area contributed by atoms with E-state index in [1.807, 2.05) is 42.5 Å². The van der Waals surface area contributed by atoms with Crippen LogP contribution in [0, 0.1) is 0 Å². The SMILES string of the molecule is C1=C(c2ccc3ccccc3c2)c2oc3cc4ccccc4cc3c2C(c2nc(-c3ccccc3)nc(-c3ccc4c(c3)oc3ccccc34)n2)C1. The van der Waals surface area contributed by atoms with E-state index in [0.29, 0.717) is 23.9 Å². The molecule has 0 fully saturated rings. The second-order valence-corrected chi connectivity index (χ2v) is 13.5. The molecule has 5 heteroatoms. The molecule has 0 aliphatic heterocycles. The maximum absolute atomic E-state index is 6.88. The molecule has 0 N–H and O–H groups in total. The molecule has 244 valence electrons. The molecule has 5 nitrogen and oxygen atoms in total. The summed E-state index contributed by atoms with van der Waals surface area (Å²) in [6.07, 6.45) is 3.00. The molecule has 0 saturated heterocycles. The molecule has 0 bridgehead atoms. The van der Waals surface area contributed by atoms with Gasteiger partial charge in [-0.15, -0.1) is 0 Å². The third-order valence-electron chi connectivity index (χ3n) is 10.4. The fourth-order valence-electron chi connectivity index (χ4n) is 7.89. The Balaban J connectivity index is 1.13. The van der Waals surface area contributed by atoms with Crippen LogP contribution >= 0.6 is 0 Å². The molecule has 1 aliphatic carbocycles. The first-order valence-electron chi connectivity index (χ1n) is 17.6. The number of hydrogen-bond donors (Lipinski definition) is 0. The van der Waals surface area contributed by atoms with Gasteiger partial charge in [-0.25, -0.2) is 15.0 Å². The lowest BCUT2D eigenvalue weighted by Gasteiger charge is -2.22. The molecule has 0 radical (unpaired) electrons. The summed E-state index contributed by atoms with van der Waals surface area (Å²) in [5.41, 5.74) is 7.65. The van der Waals surface area contributed by atoms with Crippen LogP contribution in [0.25, 0.3) is 82.8 Å². The van der Waals surface area contributed by atoms with Gasteiger partial charge < -0.3 is 8.83 Å². The maximum atomic E-state index is 6.88. The molecule has 10 aromatic rings. The van der Waals surface area contributed by atoms with Crippen LogP contribution in [0.2, 0.25) is 0 Å². The van der Waals surface area contributed by atoms with E-state index < -0.39 is 0 Å². The van der Waals surface area contributed by atoms with Crippen molar-refractivity contribution in [3.05, 3.63) is 180 Å². The Bertz CT molecular complexity index is 3060. The zero-order valence-corrected chi connectivity index (χ0v) is 28.0. The molecule has 1 aliphatic rings. The second kappa shape index (κ2) is 11.3. The molecular weight excluding hydrogens is 639 g/mol. The Labute approximate surface area is 298 Å². The van der Waals surface area contributed by atoms with Crippen molar-refractivity contribution in [2.24, 2.45) is 0 Å². The molecule has 3 aromatic heterocycles. The molecule has 0 amide bonds. The van der Waals surface area contributed by atoms with Gasteiger partial charge >= 0.3 is 0 Å². The molecule has 11 rings (SSSR count). The van der Waals surface area contributed by atoms with Crippen molar-refractivity contribution in [1.29, 1.82) is 0 Å². The lowest BCUT2D eigenvalue weighted by atomic mass is 9.82. The van der Waals surface area contributed by atoms with Gasteiger partial charge in [-0.05, 0) is 69.9 Å². The van der Waals surface area contributed by atoms with E-state index in [1.54, 1.807) is 0 Å². The van der Waals surface area contributed by atoms with E-state index in [4.69, 9.17) is 23.8 Å². The van der Waals surface area contributed by atoms with E-state index in [0.717, 1.165) is 71.9 Å². The standard InChI is InChI=1S/C47H29N3O2/c1-2-11-29(12-3-1)45-48-46(34-20-21-37-36-16-8-9-17-40(36)51-41(37)27-34)50-47(49-45)38-23-22-35(33-19-18-28-10-4-5-13-30(28)24-33)44-43(38)39-25-31-14-6-7-15-32(31)26-42(39)52-44/h1-22,24-27,38H,23H2. The fourth-order valence-corrected chi connectivity index (χ4v) is 7.89. The minimum Gasteiger partial charge on any atom is -0.456 e. The number of aromatic nitrogens is 3. The van der Waals surface area contributed by atoms with E-state index in [1.165, 1.54) is 16.2 Å². The molecule has 0 spiro atoms. The Kier molecular flexibility index (Phi) is 6.31. The number of para-hydroxylation sites is 1. The highest BCUT2D eigenvalue weighted by molar-refractivity contribution is 6.06. The quantitative estimate of drug-likeness (QED) is 0.187. The maximum Gasteiger partial charge on any atom is 0.163 e. The van der Waals surface area contributed by atoms with Crippen LogP contribution < -0.4 is 0 Å². The number of fused-ring (bicyclic) bond motifs is 8. The Hall–Kier alpha value is -6.85. The van der Waals surface area contributed by atoms with Gasteiger partial charge in [0.1, 0.15) is 28.3 Å². The lowest BCUT2D eigenvalue weighted by molar-refractivity contribution is 0.581. The van der Waals surface area contributed by atoms with Crippen molar-refractivity contribution in [3.8, 4) is 22.8 Å². The van der Waals surface area contributed by atoms with Gasteiger partial charge in [-0.1, -0.05) is 121 Å². The van der Waals surface area contributed by atoms with Crippen LogP contribution in [0.1, 0.15) is 35.1 Å². The largest absolute Gasteiger partial charge is 0.456 e. The smallest absolute Gasteiger partial charge is 0.163 e. The van der Waals surface area contributed by atoms with Crippen LogP contribution in [-0.2, 0) is 0 Å². The topological polar surface area (TPSA) is 65.0 Å². The van der Waals surface area contributed by atoms with E-state index in [9.17, 15) is 0 Å². The summed E-state index contributed by atoms with van der Waals surface area (Å²) < 4.78 is 13.2. The molecule has 0 saturated carbocycles. The summed E-state index contributed by atoms with van der Waals surface area (Å²) in [6.45, 7) is 0. The average molecular weight is 668 g/mol. The third-order valence-corrected chi connectivity index (χ3v) is 10.4. The first-order valence-corrected chi connectivity index (χ1v) is 17.6. The van der Waals surface area contributed by atoms with Crippen LogP contribution in [-0.4, -0.2) is 15.0 Å². The van der Waals surface area contributed by atoms with Gasteiger partial charge in [0.25, 0.3) is 0 Å². The molecule has 1 atom stereocenters. The van der Waals surface area contributed by atoms with Crippen molar-refractivity contribution < 1.29 is 8.83 Å². The van der Waals surface area contributed by atoms with E-state index in [2.05, 4.69) is 115 Å². The zero-order valence-electron chi connectivity index (χ0n) is 28.0. The predicted octanol–water partition coefficient (Wildman–Crippen LogP) is 12.1. The normalized spacial score (nSPS) is 14.4. The van der Waals surface area contributed by atoms with Crippen molar-refractivity contribution >= 4 is 60.0 Å². The summed E-state index contributed by atoms with van der Waals surface area (Å²) in [5.74, 6) is 2.65. The number of nitrogens with zero attached hydrogens (tertiary/aromatic N) is 3. The summed E-state index contributed by atoms with van der Waals surface area (Å²) in [4.78, 5) is 15.5. The monoisotopic (exact) mass is 667 g/mol. The van der Waals surface area contributed by atoms with E-state index in [-0.39, 0.29) is 5.92 Å². The summed E-state index contributed by atoms with van der Waals surface area (Å²) >= 11 is 0. The van der Waals surface area contributed by atoms with Crippen LogP contribution in [0.4, 0.5) is 0 Å². The average Bonchev–Trinajstić information content (AvgIpc) is 3.77. The van der Waals surface area contributed by atoms with Gasteiger partial charge in [0.15, 0.2) is 11.6 Å². The Morgan fingerprint density at radius 3 is 1.94 bits per heavy atom. The van der Waals surface area contributed by atoms with Gasteiger partial charge in [-0.3, -0.25) is 0 Å². The fraction of sp³-hybridized carbons (Fsp3) is 0.0426. The second-order valence-electron chi connectivity index (χ2n) is 13.5. The third kappa shape index (κ3) is 4.60. The van der Waals surface area contributed by atoms with Gasteiger partial charge in [-0.2, -0.15) is 0 Å². The summed E-state index contributed by atoms with van der Waals surface area (Å²) in [6, 6.07) is 52.5. The predicted molar refractivity (Wildman–Crippen MR) is 209 cm³/mol. The van der Waals surface area contributed by atoms with Crippen LogP contribution in [0.3, 0.4) is 0 Å². The highest BCUT2D eigenvalue weighted by Gasteiger charge is 2.33. The molecule has 7 aromatic carbocycles. The number of hydrogen-bond acceptors (Lipinski definition) is 5. The number of benzene rings is 7. The number of furan rings is 2. The highest BCUT2D eigenvalue weighted by atomic mass is 16.3. The lowest BCUT2D eigenvalue weighted by Crippen LogP contribution is -2.13. The van der Waals surface area contributed by atoms with Crippen molar-refractivity contribution in [2.45, 2.75) is 12.3 Å². The molecule has 1 unspecified atom stereocenters. The summed E-state index contributed by atoms with van der Waals surface area (Å²) in [5, 5.41) is 7.96. The first kappa shape index (κ1) is 28.9. The minimum atomic E-state index is -0.166. The minimum absolute atomic E-state index is 0.166. The van der Waals surface area contributed by atoms with Crippen molar-refractivity contribution in [3.63, 3.8) is 0 Å². The molecular formula is C47H29N3O2. The molecule has 52 heavy (non-hydrogen) atoms. The van der Waals surface area contributed by atoms with Gasteiger partial charge in [0, 0.05) is 38.4 Å². The number of rotatable bonds is 4. The van der Waals surface area contributed by atoms with Gasteiger partial charge in [0.05, 0.1) is 5.92 Å². The van der Waals surface area contributed by atoms with Crippen LogP contribution in [0.5, 0.6) is 0 Å².